The maximum Gasteiger partial charge on any atom is 0.121 e. The lowest BCUT2D eigenvalue weighted by atomic mass is 10.1. The quantitative estimate of drug-likeness (QED) is 0.836. The molecule has 100 valence electrons. The number of nitrogens with zero attached hydrogens (tertiary/aromatic N) is 1. The molecule has 18 heavy (non-hydrogen) atoms. The van der Waals surface area contributed by atoms with E-state index in [0.717, 1.165) is 25.3 Å². The summed E-state index contributed by atoms with van der Waals surface area (Å²) in [6.07, 6.45) is 3.43. The molecule has 0 saturated heterocycles. The van der Waals surface area contributed by atoms with E-state index >= 15 is 0 Å². The Morgan fingerprint density at radius 2 is 2.11 bits per heavy atom. The van der Waals surface area contributed by atoms with Gasteiger partial charge in [-0.25, -0.2) is 0 Å². The van der Waals surface area contributed by atoms with E-state index in [9.17, 15) is 0 Å². The van der Waals surface area contributed by atoms with Crippen molar-refractivity contribution in [1.82, 2.24) is 4.90 Å². The van der Waals surface area contributed by atoms with Crippen molar-refractivity contribution < 1.29 is 4.74 Å². The zero-order valence-electron chi connectivity index (χ0n) is 11.7. The van der Waals surface area contributed by atoms with E-state index in [0.29, 0.717) is 0 Å². The molecule has 1 aliphatic carbocycles. The number of ether oxygens (including phenoxy) is 1. The van der Waals surface area contributed by atoms with E-state index in [4.69, 9.17) is 10.5 Å². The highest BCUT2D eigenvalue weighted by atomic mass is 16.5. The molecule has 0 heterocycles. The van der Waals surface area contributed by atoms with Gasteiger partial charge in [-0.2, -0.15) is 0 Å². The van der Waals surface area contributed by atoms with E-state index < -0.39 is 0 Å². The van der Waals surface area contributed by atoms with Gasteiger partial charge in [0.1, 0.15) is 5.75 Å². The summed E-state index contributed by atoms with van der Waals surface area (Å²) in [5, 5.41) is 0. The molecule has 3 nitrogen and oxygen atoms in total. The molecule has 0 spiro atoms. The third-order valence-corrected chi connectivity index (χ3v) is 3.72. The lowest BCUT2D eigenvalue weighted by molar-refractivity contribution is 0.306. The Kier molecular flexibility index (Phi) is 3.93. The lowest BCUT2D eigenvalue weighted by Gasteiger charge is -2.20. The van der Waals surface area contributed by atoms with Gasteiger partial charge < -0.3 is 15.4 Å². The number of benzene rings is 1. The Labute approximate surface area is 110 Å². The Hall–Kier alpha value is -1.06. The summed E-state index contributed by atoms with van der Waals surface area (Å²) in [6.45, 7) is 4.16. The second kappa shape index (κ2) is 5.29. The SMILES string of the molecule is COc1ccc(CCN(C)CC2(N)CC2)cc1C. The molecule has 1 aliphatic rings. The maximum absolute atomic E-state index is 6.12. The number of aryl methyl sites for hydroxylation is 1. The van der Waals surface area contributed by atoms with Gasteiger partial charge in [0, 0.05) is 18.6 Å². The molecular weight excluding hydrogens is 224 g/mol. The molecule has 0 bridgehead atoms. The van der Waals surface area contributed by atoms with Crippen LogP contribution in [-0.2, 0) is 6.42 Å². The maximum atomic E-state index is 6.12. The van der Waals surface area contributed by atoms with Crippen molar-refractivity contribution >= 4 is 0 Å². The van der Waals surface area contributed by atoms with Crippen LogP contribution in [0.1, 0.15) is 24.0 Å². The van der Waals surface area contributed by atoms with Crippen LogP contribution < -0.4 is 10.5 Å². The van der Waals surface area contributed by atoms with E-state index in [1.165, 1.54) is 24.0 Å². The largest absolute Gasteiger partial charge is 0.496 e. The lowest BCUT2D eigenvalue weighted by Crippen LogP contribution is -2.38. The van der Waals surface area contributed by atoms with Crippen molar-refractivity contribution in [2.75, 3.05) is 27.2 Å². The number of hydrogen-bond donors (Lipinski definition) is 1. The Balaban J connectivity index is 1.84. The number of methoxy groups -OCH3 is 1. The molecule has 2 N–H and O–H groups in total. The number of likely N-dealkylation sites (N-methyl/N-ethyl adjacent to an activating group) is 1. The van der Waals surface area contributed by atoms with Gasteiger partial charge in [0.2, 0.25) is 0 Å². The van der Waals surface area contributed by atoms with Crippen LogP contribution in [0.3, 0.4) is 0 Å². The molecule has 1 aromatic carbocycles. The molecule has 1 saturated carbocycles. The molecule has 0 aromatic heterocycles. The van der Waals surface area contributed by atoms with Gasteiger partial charge in [-0.15, -0.1) is 0 Å². The fourth-order valence-electron chi connectivity index (χ4n) is 2.35. The van der Waals surface area contributed by atoms with Crippen LogP contribution in [0.5, 0.6) is 5.75 Å². The molecule has 0 aliphatic heterocycles. The summed E-state index contributed by atoms with van der Waals surface area (Å²) in [7, 11) is 3.87. The number of rotatable bonds is 6. The van der Waals surface area contributed by atoms with Crippen molar-refractivity contribution in [2.24, 2.45) is 5.73 Å². The summed E-state index contributed by atoms with van der Waals surface area (Å²) in [5.41, 5.74) is 8.80. The summed E-state index contributed by atoms with van der Waals surface area (Å²) in [4.78, 5) is 2.34. The molecule has 0 atom stereocenters. The minimum absolute atomic E-state index is 0.116. The Bertz CT molecular complexity index is 413. The van der Waals surface area contributed by atoms with Gasteiger partial charge in [-0.3, -0.25) is 0 Å². The molecule has 1 aromatic rings. The van der Waals surface area contributed by atoms with E-state index in [2.05, 4.69) is 37.1 Å². The average molecular weight is 248 g/mol. The first-order chi connectivity index (χ1) is 8.52. The highest BCUT2D eigenvalue weighted by Crippen LogP contribution is 2.32. The van der Waals surface area contributed by atoms with Gasteiger partial charge in [0.15, 0.2) is 0 Å². The fraction of sp³-hybridized carbons (Fsp3) is 0.600. The third kappa shape index (κ3) is 3.47. The zero-order valence-corrected chi connectivity index (χ0v) is 11.7. The van der Waals surface area contributed by atoms with E-state index in [1.54, 1.807) is 7.11 Å². The third-order valence-electron chi connectivity index (χ3n) is 3.72. The van der Waals surface area contributed by atoms with Crippen LogP contribution in [0.15, 0.2) is 18.2 Å². The summed E-state index contributed by atoms with van der Waals surface area (Å²) in [5.74, 6) is 0.964. The predicted octanol–water partition coefficient (Wildman–Crippen LogP) is 1.97. The normalized spacial score (nSPS) is 16.9. The van der Waals surface area contributed by atoms with Crippen LogP contribution in [0.4, 0.5) is 0 Å². The summed E-state index contributed by atoms with van der Waals surface area (Å²) in [6, 6.07) is 6.41. The topological polar surface area (TPSA) is 38.5 Å². The highest BCUT2D eigenvalue weighted by Gasteiger charge is 2.38. The van der Waals surface area contributed by atoms with Gasteiger partial charge in [-0.05, 0) is 50.4 Å². The monoisotopic (exact) mass is 248 g/mol. The van der Waals surface area contributed by atoms with Gasteiger partial charge >= 0.3 is 0 Å². The van der Waals surface area contributed by atoms with Crippen molar-refractivity contribution in [2.45, 2.75) is 31.7 Å². The summed E-state index contributed by atoms with van der Waals surface area (Å²) >= 11 is 0. The zero-order chi connectivity index (χ0) is 13.2. The van der Waals surface area contributed by atoms with Crippen molar-refractivity contribution in [3.63, 3.8) is 0 Å². The van der Waals surface area contributed by atoms with Gasteiger partial charge in [0.25, 0.3) is 0 Å². The van der Waals surface area contributed by atoms with Crippen molar-refractivity contribution in [3.05, 3.63) is 29.3 Å². The molecular formula is C15H24N2O. The second-order valence-electron chi connectivity index (χ2n) is 5.65. The Morgan fingerprint density at radius 3 is 2.67 bits per heavy atom. The molecule has 0 radical (unpaired) electrons. The first-order valence-corrected chi connectivity index (χ1v) is 6.63. The fourth-order valence-corrected chi connectivity index (χ4v) is 2.35. The van der Waals surface area contributed by atoms with Crippen LogP contribution in [-0.4, -0.2) is 37.7 Å². The molecule has 0 unspecified atom stereocenters. The van der Waals surface area contributed by atoms with Crippen LogP contribution in [0.2, 0.25) is 0 Å². The van der Waals surface area contributed by atoms with Crippen LogP contribution in [0.25, 0.3) is 0 Å². The van der Waals surface area contributed by atoms with Crippen LogP contribution in [0, 0.1) is 6.92 Å². The molecule has 1 fully saturated rings. The van der Waals surface area contributed by atoms with Gasteiger partial charge in [0.05, 0.1) is 7.11 Å². The standard InChI is InChI=1S/C15H24N2O/c1-12-10-13(4-5-14(12)18-3)6-9-17(2)11-15(16)7-8-15/h4-5,10H,6-9,11,16H2,1-3H3. The van der Waals surface area contributed by atoms with Gasteiger partial charge in [-0.1, -0.05) is 12.1 Å². The van der Waals surface area contributed by atoms with Crippen molar-refractivity contribution in [1.29, 1.82) is 0 Å². The summed E-state index contributed by atoms with van der Waals surface area (Å²) < 4.78 is 5.27. The number of hydrogen-bond acceptors (Lipinski definition) is 3. The minimum atomic E-state index is 0.116. The predicted molar refractivity (Wildman–Crippen MR) is 75.1 cm³/mol. The highest BCUT2D eigenvalue weighted by molar-refractivity contribution is 5.36. The Morgan fingerprint density at radius 1 is 1.39 bits per heavy atom. The van der Waals surface area contributed by atoms with E-state index in [1.807, 2.05) is 0 Å². The molecule has 0 amide bonds. The smallest absolute Gasteiger partial charge is 0.121 e. The number of nitrogens with two attached hydrogens (primary N) is 1. The first-order valence-electron chi connectivity index (χ1n) is 6.63. The van der Waals surface area contributed by atoms with E-state index in [-0.39, 0.29) is 5.54 Å². The average Bonchev–Trinajstić information content (AvgIpc) is 3.04. The molecule has 3 heteroatoms. The minimum Gasteiger partial charge on any atom is -0.496 e. The first kappa shape index (κ1) is 13.4. The van der Waals surface area contributed by atoms with Crippen LogP contribution >= 0.6 is 0 Å². The van der Waals surface area contributed by atoms with Crippen molar-refractivity contribution in [3.8, 4) is 5.75 Å². The molecule has 2 rings (SSSR count). The second-order valence-corrected chi connectivity index (χ2v) is 5.65.